The highest BCUT2D eigenvalue weighted by Gasteiger charge is 2.19. The van der Waals surface area contributed by atoms with Crippen LogP contribution in [0.3, 0.4) is 0 Å². The van der Waals surface area contributed by atoms with E-state index in [1.807, 2.05) is 59.9 Å². The Morgan fingerprint density at radius 2 is 0.786 bits per heavy atom. The number of rotatable bonds is 6. The van der Waals surface area contributed by atoms with Crippen molar-refractivity contribution in [3.8, 4) is 67.5 Å². The lowest BCUT2D eigenvalue weighted by Crippen LogP contribution is -2.00. The summed E-state index contributed by atoms with van der Waals surface area (Å²) in [7, 11) is 0. The topological polar surface area (TPSA) is 51.8 Å². The minimum atomic E-state index is 0.600. The molecule has 0 aliphatic heterocycles. The van der Waals surface area contributed by atoms with Crippen LogP contribution in [0.1, 0.15) is 0 Å². The van der Waals surface area contributed by atoms with Crippen LogP contribution >= 0.6 is 11.3 Å². The number of thiophene rings is 1. The van der Waals surface area contributed by atoms with E-state index in [1.54, 1.807) is 0 Å². The third-order valence-corrected chi connectivity index (χ3v) is 11.7. The molecule has 3 aromatic heterocycles. The maximum atomic E-state index is 6.60. The van der Waals surface area contributed by atoms with Crippen LogP contribution in [0.5, 0.6) is 0 Å². The van der Waals surface area contributed by atoms with Gasteiger partial charge in [0.2, 0.25) is 0 Å². The largest absolute Gasteiger partial charge is 0.456 e. The van der Waals surface area contributed by atoms with Gasteiger partial charge in [0.1, 0.15) is 11.2 Å². The summed E-state index contributed by atoms with van der Waals surface area (Å²) in [6.45, 7) is 0. The molecular formula is C51H31N3OS. The normalized spacial score (nSPS) is 11.6. The number of furan rings is 1. The van der Waals surface area contributed by atoms with Crippen LogP contribution in [0.15, 0.2) is 192 Å². The fraction of sp³-hybridized carbons (Fsp3) is 0. The molecule has 0 radical (unpaired) electrons. The molecule has 0 spiro atoms. The number of hydrogen-bond donors (Lipinski definition) is 0. The maximum Gasteiger partial charge on any atom is 0.164 e. The average Bonchev–Trinajstić information content (AvgIpc) is 3.84. The summed E-state index contributed by atoms with van der Waals surface area (Å²) in [6.07, 6.45) is 0. The summed E-state index contributed by atoms with van der Waals surface area (Å²) in [5, 5.41) is 4.55. The van der Waals surface area contributed by atoms with E-state index in [9.17, 15) is 0 Å². The first-order valence-corrected chi connectivity index (χ1v) is 19.5. The molecule has 0 fully saturated rings. The molecule has 0 amide bonds. The molecule has 56 heavy (non-hydrogen) atoms. The minimum absolute atomic E-state index is 0.600. The van der Waals surface area contributed by atoms with E-state index in [-0.39, 0.29) is 0 Å². The van der Waals surface area contributed by atoms with Crippen molar-refractivity contribution in [1.82, 2.24) is 15.0 Å². The summed E-state index contributed by atoms with van der Waals surface area (Å²) < 4.78 is 9.17. The second kappa shape index (κ2) is 13.3. The zero-order chi connectivity index (χ0) is 37.0. The predicted molar refractivity (Wildman–Crippen MR) is 233 cm³/mol. The van der Waals surface area contributed by atoms with E-state index < -0.39 is 0 Å². The molecule has 0 atom stereocenters. The van der Waals surface area contributed by atoms with Crippen LogP contribution in [0.4, 0.5) is 0 Å². The highest BCUT2D eigenvalue weighted by Crippen LogP contribution is 2.41. The SMILES string of the molecule is c1ccc(-c2ccc(-c3nc(-c4ccccc4)nc(-c4cccc5oc6cc(-c7ccc8sc9ccc(-c%10ccccc%10)cc9c8c7)ccc6c45)n3)cc2)cc1. The number of benzene rings is 8. The van der Waals surface area contributed by atoms with Gasteiger partial charge in [-0.2, -0.15) is 0 Å². The monoisotopic (exact) mass is 733 g/mol. The first-order chi connectivity index (χ1) is 27.7. The predicted octanol–water partition coefficient (Wildman–Crippen LogP) is 14.1. The van der Waals surface area contributed by atoms with Crippen molar-refractivity contribution in [3.63, 3.8) is 0 Å². The van der Waals surface area contributed by atoms with E-state index in [0.717, 1.165) is 55.3 Å². The second-order valence-corrected chi connectivity index (χ2v) is 15.1. The molecule has 0 saturated heterocycles. The smallest absolute Gasteiger partial charge is 0.164 e. The van der Waals surface area contributed by atoms with Crippen LogP contribution in [-0.4, -0.2) is 15.0 Å². The van der Waals surface area contributed by atoms with Crippen molar-refractivity contribution < 1.29 is 4.42 Å². The summed E-state index contributed by atoms with van der Waals surface area (Å²) in [5.41, 5.74) is 11.4. The molecule has 4 nitrogen and oxygen atoms in total. The van der Waals surface area contributed by atoms with Gasteiger partial charge in [-0.25, -0.2) is 15.0 Å². The Morgan fingerprint density at radius 1 is 0.321 bits per heavy atom. The molecule has 5 heteroatoms. The van der Waals surface area contributed by atoms with E-state index in [0.29, 0.717) is 17.5 Å². The standard InChI is InChI=1S/C51H31N3OS/c1-4-11-32(12-5-1)34-19-21-36(22-20-34)50-52-49(35-15-8-3-9-16-35)53-51(54-50)41-17-10-18-44-48(41)40-26-23-39(31-45(40)55-44)38-25-28-47-43(30-38)42-29-37(24-27-46(42)56-47)33-13-6-2-7-14-33/h1-31H. The Bertz CT molecular complexity index is 3230. The van der Waals surface area contributed by atoms with E-state index >= 15 is 0 Å². The Hall–Kier alpha value is -7.21. The fourth-order valence-electron chi connectivity index (χ4n) is 7.74. The fourth-order valence-corrected chi connectivity index (χ4v) is 8.81. The Morgan fingerprint density at radius 3 is 1.43 bits per heavy atom. The third-order valence-electron chi connectivity index (χ3n) is 10.6. The van der Waals surface area contributed by atoms with Crippen LogP contribution < -0.4 is 0 Å². The molecule has 11 aromatic rings. The number of fused-ring (bicyclic) bond motifs is 6. The van der Waals surface area contributed by atoms with Gasteiger partial charge >= 0.3 is 0 Å². The van der Waals surface area contributed by atoms with E-state index in [4.69, 9.17) is 19.4 Å². The van der Waals surface area contributed by atoms with Gasteiger partial charge in [0.05, 0.1) is 0 Å². The molecule has 262 valence electrons. The number of aromatic nitrogens is 3. The average molecular weight is 734 g/mol. The number of hydrogen-bond acceptors (Lipinski definition) is 5. The molecule has 3 heterocycles. The van der Waals surface area contributed by atoms with Gasteiger partial charge in [-0.3, -0.25) is 0 Å². The summed E-state index contributed by atoms with van der Waals surface area (Å²) in [6, 6.07) is 65.7. The molecule has 0 unspecified atom stereocenters. The molecular weight excluding hydrogens is 703 g/mol. The zero-order valence-electron chi connectivity index (χ0n) is 30.1. The minimum Gasteiger partial charge on any atom is -0.456 e. The van der Waals surface area contributed by atoms with Crippen LogP contribution in [-0.2, 0) is 0 Å². The van der Waals surface area contributed by atoms with Crippen LogP contribution in [0.25, 0.3) is 110 Å². The summed E-state index contributed by atoms with van der Waals surface area (Å²) in [5.74, 6) is 1.84. The quantitative estimate of drug-likeness (QED) is 0.171. The lowest BCUT2D eigenvalue weighted by molar-refractivity contribution is 0.669. The second-order valence-electron chi connectivity index (χ2n) is 14.0. The Labute approximate surface area is 327 Å². The van der Waals surface area contributed by atoms with Crippen molar-refractivity contribution in [1.29, 1.82) is 0 Å². The molecule has 0 N–H and O–H groups in total. The van der Waals surface area contributed by atoms with E-state index in [1.165, 1.54) is 36.9 Å². The molecule has 0 saturated carbocycles. The lowest BCUT2D eigenvalue weighted by Gasteiger charge is -2.10. The van der Waals surface area contributed by atoms with Gasteiger partial charge in [0, 0.05) is 47.6 Å². The molecule has 0 aliphatic rings. The van der Waals surface area contributed by atoms with Gasteiger partial charge in [0.25, 0.3) is 0 Å². The molecule has 8 aromatic carbocycles. The number of nitrogens with zero attached hydrogens (tertiary/aromatic N) is 3. The lowest BCUT2D eigenvalue weighted by atomic mass is 9.99. The summed E-state index contributed by atoms with van der Waals surface area (Å²) in [4.78, 5) is 15.2. The van der Waals surface area contributed by atoms with Crippen molar-refractivity contribution >= 4 is 53.4 Å². The molecule has 0 bridgehead atoms. The zero-order valence-corrected chi connectivity index (χ0v) is 30.9. The first-order valence-electron chi connectivity index (χ1n) is 18.7. The maximum absolute atomic E-state index is 6.60. The van der Waals surface area contributed by atoms with Gasteiger partial charge in [-0.05, 0) is 75.8 Å². The summed E-state index contributed by atoms with van der Waals surface area (Å²) >= 11 is 1.84. The highest BCUT2D eigenvalue weighted by molar-refractivity contribution is 7.25. The molecule has 0 aliphatic carbocycles. The van der Waals surface area contributed by atoms with Crippen molar-refractivity contribution in [2.24, 2.45) is 0 Å². The van der Waals surface area contributed by atoms with Crippen molar-refractivity contribution in [3.05, 3.63) is 188 Å². The first kappa shape index (κ1) is 32.2. The van der Waals surface area contributed by atoms with Crippen LogP contribution in [0, 0.1) is 0 Å². The van der Waals surface area contributed by atoms with Crippen molar-refractivity contribution in [2.45, 2.75) is 0 Å². The molecule has 11 rings (SSSR count). The Balaban J connectivity index is 1.01. The van der Waals surface area contributed by atoms with Gasteiger partial charge in [-0.1, -0.05) is 146 Å². The van der Waals surface area contributed by atoms with Gasteiger partial charge in [-0.15, -0.1) is 11.3 Å². The van der Waals surface area contributed by atoms with Crippen molar-refractivity contribution in [2.75, 3.05) is 0 Å². The highest BCUT2D eigenvalue weighted by atomic mass is 32.1. The van der Waals surface area contributed by atoms with E-state index in [2.05, 4.69) is 140 Å². The van der Waals surface area contributed by atoms with Crippen LogP contribution in [0.2, 0.25) is 0 Å². The van der Waals surface area contributed by atoms with Gasteiger partial charge < -0.3 is 4.42 Å². The Kier molecular flexibility index (Phi) is 7.64. The van der Waals surface area contributed by atoms with Gasteiger partial charge in [0.15, 0.2) is 17.5 Å². The third kappa shape index (κ3) is 5.65.